The quantitative estimate of drug-likeness (QED) is 0.750. The summed E-state index contributed by atoms with van der Waals surface area (Å²) >= 11 is 0. The molecule has 0 amide bonds. The van der Waals surface area contributed by atoms with E-state index in [1.54, 1.807) is 14.2 Å². The first kappa shape index (κ1) is 20.4. The minimum absolute atomic E-state index is 0.138. The summed E-state index contributed by atoms with van der Waals surface area (Å²) in [6.45, 7) is 7.89. The second-order valence-electron chi connectivity index (χ2n) is 8.01. The largest absolute Gasteiger partial charge is 0.496 e. The van der Waals surface area contributed by atoms with Gasteiger partial charge in [-0.2, -0.15) is 0 Å². The van der Waals surface area contributed by atoms with E-state index < -0.39 is 0 Å². The maximum atomic E-state index is 9.88. The Balaban J connectivity index is 1.64. The lowest BCUT2D eigenvalue weighted by Gasteiger charge is -2.32. The highest BCUT2D eigenvalue weighted by Gasteiger charge is 2.34. The van der Waals surface area contributed by atoms with E-state index in [-0.39, 0.29) is 12.7 Å². The smallest absolute Gasteiger partial charge is 0.129 e. The summed E-state index contributed by atoms with van der Waals surface area (Å²) in [7, 11) is 3.39. The maximum Gasteiger partial charge on any atom is 0.129 e. The average Bonchev–Trinajstić information content (AvgIpc) is 3.05. The van der Waals surface area contributed by atoms with Crippen molar-refractivity contribution in [2.75, 3.05) is 53.6 Å². The number of hydrogen-bond acceptors (Lipinski definition) is 6. The van der Waals surface area contributed by atoms with E-state index in [1.807, 2.05) is 13.0 Å². The van der Waals surface area contributed by atoms with Crippen molar-refractivity contribution in [3.05, 3.63) is 23.3 Å². The summed E-state index contributed by atoms with van der Waals surface area (Å²) in [6.07, 6.45) is 1.59. The number of nitrogens with zero attached hydrogens (tertiary/aromatic N) is 2. The van der Waals surface area contributed by atoms with E-state index in [9.17, 15) is 10.2 Å². The van der Waals surface area contributed by atoms with E-state index in [1.165, 1.54) is 0 Å². The van der Waals surface area contributed by atoms with Crippen LogP contribution in [0.15, 0.2) is 12.1 Å². The zero-order chi connectivity index (χ0) is 19.4. The first-order chi connectivity index (χ1) is 13.0. The molecule has 6 nitrogen and oxygen atoms in total. The van der Waals surface area contributed by atoms with Crippen LogP contribution in [-0.4, -0.2) is 79.7 Å². The average molecular weight is 379 g/mol. The van der Waals surface area contributed by atoms with E-state index in [0.29, 0.717) is 11.8 Å². The molecule has 0 saturated carbocycles. The third-order valence-electron chi connectivity index (χ3n) is 6.19. The fourth-order valence-electron chi connectivity index (χ4n) is 4.61. The first-order valence-electron chi connectivity index (χ1n) is 9.99. The van der Waals surface area contributed by atoms with Crippen molar-refractivity contribution in [1.29, 1.82) is 0 Å². The molecule has 3 rings (SSSR count). The molecule has 0 aromatic heterocycles. The second kappa shape index (κ2) is 9.24. The topological polar surface area (TPSA) is 65.4 Å². The molecule has 2 atom stereocenters. The molecule has 2 saturated heterocycles. The highest BCUT2D eigenvalue weighted by atomic mass is 16.5. The zero-order valence-corrected chi connectivity index (χ0v) is 16.9. The fraction of sp³-hybridized carbons (Fsp3) is 0.714. The highest BCUT2D eigenvalue weighted by Crippen LogP contribution is 2.34. The summed E-state index contributed by atoms with van der Waals surface area (Å²) in [5, 5.41) is 19.6. The SMILES string of the molecule is COc1ccc(CN2C[C@@H](CO)[C@@H](CN3CCC(O)CC3)C2)c(OC)c1C. The number of benzene rings is 1. The molecule has 1 aromatic carbocycles. The van der Waals surface area contributed by atoms with E-state index >= 15 is 0 Å². The first-order valence-corrected chi connectivity index (χ1v) is 9.99. The molecule has 2 aliphatic heterocycles. The van der Waals surface area contributed by atoms with Crippen LogP contribution in [0.5, 0.6) is 11.5 Å². The molecule has 0 unspecified atom stereocenters. The summed E-state index contributed by atoms with van der Waals surface area (Å²) in [5.41, 5.74) is 2.19. The van der Waals surface area contributed by atoms with E-state index in [0.717, 1.165) is 74.7 Å². The Bertz CT molecular complexity index is 616. The number of ether oxygens (including phenoxy) is 2. The van der Waals surface area contributed by atoms with Crippen molar-refractivity contribution in [3.63, 3.8) is 0 Å². The number of hydrogen-bond donors (Lipinski definition) is 2. The van der Waals surface area contributed by atoms with Crippen LogP contribution in [-0.2, 0) is 6.54 Å². The Morgan fingerprint density at radius 3 is 2.37 bits per heavy atom. The van der Waals surface area contributed by atoms with E-state index in [2.05, 4.69) is 15.9 Å². The molecule has 27 heavy (non-hydrogen) atoms. The third-order valence-corrected chi connectivity index (χ3v) is 6.19. The van der Waals surface area contributed by atoms with Gasteiger partial charge < -0.3 is 24.6 Å². The molecule has 0 spiro atoms. The van der Waals surface area contributed by atoms with Crippen LogP contribution in [0, 0.1) is 18.8 Å². The molecule has 1 aromatic rings. The highest BCUT2D eigenvalue weighted by molar-refractivity contribution is 5.49. The summed E-state index contributed by atoms with van der Waals surface area (Å²) in [4.78, 5) is 4.87. The summed E-state index contributed by atoms with van der Waals surface area (Å²) < 4.78 is 11.1. The minimum Gasteiger partial charge on any atom is -0.496 e. The molecular weight excluding hydrogens is 344 g/mol. The molecule has 2 aliphatic rings. The van der Waals surface area contributed by atoms with Crippen molar-refractivity contribution in [3.8, 4) is 11.5 Å². The number of aliphatic hydroxyl groups excluding tert-OH is 2. The number of aliphatic hydroxyl groups is 2. The van der Waals surface area contributed by atoms with E-state index in [4.69, 9.17) is 9.47 Å². The van der Waals surface area contributed by atoms with Crippen molar-refractivity contribution in [2.24, 2.45) is 11.8 Å². The van der Waals surface area contributed by atoms with Crippen LogP contribution in [0.25, 0.3) is 0 Å². The van der Waals surface area contributed by atoms with Gasteiger partial charge in [-0.15, -0.1) is 0 Å². The van der Waals surface area contributed by atoms with Gasteiger partial charge in [-0.3, -0.25) is 4.90 Å². The van der Waals surface area contributed by atoms with Crippen LogP contribution in [0.4, 0.5) is 0 Å². The van der Waals surface area contributed by atoms with Gasteiger partial charge in [-0.1, -0.05) is 6.07 Å². The fourth-order valence-corrected chi connectivity index (χ4v) is 4.61. The van der Waals surface area contributed by atoms with Crippen molar-refractivity contribution >= 4 is 0 Å². The number of likely N-dealkylation sites (tertiary alicyclic amines) is 2. The van der Waals surface area contributed by atoms with Crippen LogP contribution < -0.4 is 9.47 Å². The normalized spacial score (nSPS) is 25.1. The molecule has 2 heterocycles. The third kappa shape index (κ3) is 4.74. The zero-order valence-electron chi connectivity index (χ0n) is 16.9. The lowest BCUT2D eigenvalue weighted by molar-refractivity contribution is 0.0684. The van der Waals surface area contributed by atoms with Crippen molar-refractivity contribution < 1.29 is 19.7 Å². The van der Waals surface area contributed by atoms with Crippen LogP contribution in [0.2, 0.25) is 0 Å². The lowest BCUT2D eigenvalue weighted by Crippen LogP contribution is -2.40. The molecular formula is C21H34N2O4. The molecule has 0 aliphatic carbocycles. The van der Waals surface area contributed by atoms with Gasteiger partial charge in [0.05, 0.1) is 20.3 Å². The molecule has 2 fully saturated rings. The monoisotopic (exact) mass is 378 g/mol. The van der Waals surface area contributed by atoms with Crippen molar-refractivity contribution in [2.45, 2.75) is 32.4 Å². The van der Waals surface area contributed by atoms with Gasteiger partial charge in [0.1, 0.15) is 11.5 Å². The van der Waals surface area contributed by atoms with Gasteiger partial charge in [-0.25, -0.2) is 0 Å². The van der Waals surface area contributed by atoms with Crippen molar-refractivity contribution in [1.82, 2.24) is 9.80 Å². The van der Waals surface area contributed by atoms with Gasteiger partial charge in [-0.05, 0) is 37.7 Å². The Morgan fingerprint density at radius 1 is 1.04 bits per heavy atom. The van der Waals surface area contributed by atoms with Gasteiger partial charge in [0.2, 0.25) is 0 Å². The summed E-state index contributed by atoms with van der Waals surface area (Å²) in [5.74, 6) is 2.51. The number of methoxy groups -OCH3 is 2. The molecule has 0 radical (unpaired) electrons. The molecule has 6 heteroatoms. The standard InChI is InChI=1S/C21H34N2O4/c1-15-20(26-2)5-4-16(21(15)27-3)10-23-12-17(18(13-23)14-24)11-22-8-6-19(25)7-9-22/h4-5,17-19,24-25H,6-14H2,1-3H3/t17-,18-/m0/s1. The molecule has 2 N–H and O–H groups in total. The van der Waals surface area contributed by atoms with Crippen LogP contribution in [0.3, 0.4) is 0 Å². The van der Waals surface area contributed by atoms with Gasteiger partial charge in [0, 0.05) is 57.0 Å². The Labute approximate surface area is 162 Å². The minimum atomic E-state index is -0.138. The Morgan fingerprint density at radius 2 is 1.74 bits per heavy atom. The van der Waals surface area contributed by atoms with Gasteiger partial charge in [0.25, 0.3) is 0 Å². The molecule has 0 bridgehead atoms. The number of piperidine rings is 1. The summed E-state index contributed by atoms with van der Waals surface area (Å²) in [6, 6.07) is 4.08. The lowest BCUT2D eigenvalue weighted by atomic mass is 9.95. The van der Waals surface area contributed by atoms with Crippen LogP contribution in [0.1, 0.15) is 24.0 Å². The van der Waals surface area contributed by atoms with Gasteiger partial charge in [0.15, 0.2) is 0 Å². The predicted molar refractivity (Wildman–Crippen MR) is 105 cm³/mol. The Hall–Kier alpha value is -1.34. The van der Waals surface area contributed by atoms with Crippen LogP contribution >= 0.6 is 0 Å². The number of rotatable bonds is 7. The Kier molecular flexibility index (Phi) is 6.98. The second-order valence-corrected chi connectivity index (χ2v) is 8.01. The maximum absolute atomic E-state index is 9.88. The predicted octanol–water partition coefficient (Wildman–Crippen LogP) is 1.51. The van der Waals surface area contributed by atoms with Gasteiger partial charge >= 0.3 is 0 Å². The molecule has 152 valence electrons.